The Morgan fingerprint density at radius 1 is 1.16 bits per heavy atom. The van der Waals surface area contributed by atoms with Gasteiger partial charge in [0, 0.05) is 11.8 Å². The van der Waals surface area contributed by atoms with Crippen molar-refractivity contribution >= 4 is 0 Å². The molecular formula is C14H10N2O3. The second kappa shape index (κ2) is 4.50. The fourth-order valence-electron chi connectivity index (χ4n) is 2.04. The number of hydrogen-bond acceptors (Lipinski definition) is 4. The van der Waals surface area contributed by atoms with E-state index in [0.717, 1.165) is 5.56 Å². The van der Waals surface area contributed by atoms with Crippen LogP contribution in [0.4, 0.5) is 0 Å². The number of nitrogens with one attached hydrogen (secondary N) is 1. The zero-order valence-corrected chi connectivity index (χ0v) is 9.97. The number of nitriles is 1. The maximum atomic E-state index is 11.6. The lowest BCUT2D eigenvalue weighted by Crippen LogP contribution is -2.15. The van der Waals surface area contributed by atoms with Gasteiger partial charge in [0.2, 0.25) is 0 Å². The van der Waals surface area contributed by atoms with Crippen LogP contribution in [0.1, 0.15) is 5.56 Å². The molecule has 0 saturated carbocycles. The van der Waals surface area contributed by atoms with Crippen LogP contribution >= 0.6 is 0 Å². The van der Waals surface area contributed by atoms with Crippen LogP contribution < -0.4 is 15.0 Å². The number of aromatic amines is 1. The molecule has 0 fully saturated rings. The van der Waals surface area contributed by atoms with E-state index < -0.39 is 5.56 Å². The first-order valence-corrected chi connectivity index (χ1v) is 5.81. The monoisotopic (exact) mass is 254 g/mol. The average molecular weight is 254 g/mol. The molecule has 0 radical (unpaired) electrons. The predicted molar refractivity (Wildman–Crippen MR) is 68.2 cm³/mol. The van der Waals surface area contributed by atoms with Crippen LogP contribution in [0, 0.1) is 11.3 Å². The highest BCUT2D eigenvalue weighted by atomic mass is 16.6. The van der Waals surface area contributed by atoms with E-state index in [-0.39, 0.29) is 5.56 Å². The third kappa shape index (κ3) is 1.93. The van der Waals surface area contributed by atoms with Gasteiger partial charge in [0.25, 0.3) is 5.56 Å². The molecule has 19 heavy (non-hydrogen) atoms. The van der Waals surface area contributed by atoms with Crippen LogP contribution in [0.25, 0.3) is 11.1 Å². The Morgan fingerprint density at radius 3 is 2.74 bits per heavy atom. The molecule has 0 saturated heterocycles. The molecule has 3 rings (SSSR count). The topological polar surface area (TPSA) is 75.1 Å². The second-order valence-electron chi connectivity index (χ2n) is 4.07. The van der Waals surface area contributed by atoms with Crippen molar-refractivity contribution in [2.24, 2.45) is 0 Å². The summed E-state index contributed by atoms with van der Waals surface area (Å²) in [6.07, 6.45) is 1.52. The van der Waals surface area contributed by atoms with Crippen molar-refractivity contribution in [3.05, 3.63) is 46.4 Å². The van der Waals surface area contributed by atoms with E-state index in [1.165, 1.54) is 6.20 Å². The summed E-state index contributed by atoms with van der Waals surface area (Å²) in [6.45, 7) is 1.03. The number of rotatable bonds is 1. The Kier molecular flexibility index (Phi) is 2.69. The first kappa shape index (κ1) is 11.4. The lowest BCUT2D eigenvalue weighted by Gasteiger charge is -2.19. The number of H-pyrrole nitrogens is 1. The molecule has 0 atom stereocenters. The molecule has 1 aromatic heterocycles. The van der Waals surface area contributed by atoms with Crippen molar-refractivity contribution in [3.63, 3.8) is 0 Å². The number of fused-ring (bicyclic) bond motifs is 1. The van der Waals surface area contributed by atoms with Crippen molar-refractivity contribution < 1.29 is 9.47 Å². The maximum absolute atomic E-state index is 11.6. The Labute approximate surface area is 109 Å². The van der Waals surface area contributed by atoms with Gasteiger partial charge < -0.3 is 14.5 Å². The van der Waals surface area contributed by atoms with Gasteiger partial charge >= 0.3 is 0 Å². The molecule has 1 aliphatic heterocycles. The van der Waals surface area contributed by atoms with Crippen LogP contribution in [-0.4, -0.2) is 18.2 Å². The molecule has 2 aromatic rings. The Balaban J connectivity index is 2.16. The van der Waals surface area contributed by atoms with Crippen molar-refractivity contribution in [1.82, 2.24) is 4.98 Å². The van der Waals surface area contributed by atoms with Gasteiger partial charge in [-0.25, -0.2) is 0 Å². The van der Waals surface area contributed by atoms with Gasteiger partial charge in [-0.3, -0.25) is 4.79 Å². The van der Waals surface area contributed by atoms with Crippen LogP contribution in [0.2, 0.25) is 0 Å². The second-order valence-corrected chi connectivity index (χ2v) is 4.07. The fourth-order valence-corrected chi connectivity index (χ4v) is 2.04. The Bertz CT molecular complexity index is 728. The van der Waals surface area contributed by atoms with Crippen molar-refractivity contribution in [2.45, 2.75) is 0 Å². The number of benzene rings is 1. The molecule has 5 nitrogen and oxygen atoms in total. The summed E-state index contributed by atoms with van der Waals surface area (Å²) >= 11 is 0. The molecule has 0 spiro atoms. The quantitative estimate of drug-likeness (QED) is 0.840. The third-order valence-electron chi connectivity index (χ3n) is 2.93. The van der Waals surface area contributed by atoms with Gasteiger partial charge in [0.1, 0.15) is 24.8 Å². The lowest BCUT2D eigenvalue weighted by atomic mass is 10.0. The molecular weight excluding hydrogens is 244 g/mol. The first-order chi connectivity index (χ1) is 9.29. The van der Waals surface area contributed by atoms with Gasteiger partial charge in [-0.05, 0) is 23.8 Å². The van der Waals surface area contributed by atoms with Gasteiger partial charge in [-0.2, -0.15) is 5.26 Å². The average Bonchev–Trinajstić information content (AvgIpc) is 2.46. The van der Waals surface area contributed by atoms with E-state index in [9.17, 15) is 4.79 Å². The molecule has 94 valence electrons. The fraction of sp³-hybridized carbons (Fsp3) is 0.143. The molecule has 0 amide bonds. The summed E-state index contributed by atoms with van der Waals surface area (Å²) in [7, 11) is 0. The number of hydrogen-bond donors (Lipinski definition) is 1. The zero-order valence-electron chi connectivity index (χ0n) is 9.97. The minimum atomic E-state index is -0.394. The summed E-state index contributed by atoms with van der Waals surface area (Å²) in [4.78, 5) is 14.1. The molecule has 0 bridgehead atoms. The Hall–Kier alpha value is -2.74. The van der Waals surface area contributed by atoms with Crippen molar-refractivity contribution in [2.75, 3.05) is 13.2 Å². The number of aromatic nitrogens is 1. The minimum absolute atomic E-state index is 0.0965. The van der Waals surface area contributed by atoms with Gasteiger partial charge in [0.05, 0.1) is 0 Å². The number of pyridine rings is 1. The van der Waals surface area contributed by atoms with Crippen LogP contribution in [0.5, 0.6) is 11.5 Å². The highest BCUT2D eigenvalue weighted by Crippen LogP contribution is 2.34. The lowest BCUT2D eigenvalue weighted by molar-refractivity contribution is 0.171. The summed E-state index contributed by atoms with van der Waals surface area (Å²) < 4.78 is 10.9. The number of ether oxygens (including phenoxy) is 2. The predicted octanol–water partition coefficient (Wildman–Crippen LogP) is 1.68. The summed E-state index contributed by atoms with van der Waals surface area (Å²) in [5.74, 6) is 1.31. The molecule has 1 N–H and O–H groups in total. The van der Waals surface area contributed by atoms with E-state index >= 15 is 0 Å². The van der Waals surface area contributed by atoms with E-state index in [0.29, 0.717) is 30.3 Å². The summed E-state index contributed by atoms with van der Waals surface area (Å²) in [6, 6.07) is 9.00. The van der Waals surface area contributed by atoms with Gasteiger partial charge in [0.15, 0.2) is 11.5 Å². The van der Waals surface area contributed by atoms with Gasteiger partial charge in [-0.15, -0.1) is 0 Å². The SMILES string of the molecule is N#Cc1c(-c2ccc3c(c2)OCCO3)cc[nH]c1=O. The normalized spacial score (nSPS) is 12.8. The van der Waals surface area contributed by atoms with Crippen LogP contribution in [-0.2, 0) is 0 Å². The minimum Gasteiger partial charge on any atom is -0.486 e. The van der Waals surface area contributed by atoms with Crippen molar-refractivity contribution in [1.29, 1.82) is 5.26 Å². The molecule has 2 heterocycles. The molecule has 1 aromatic carbocycles. The van der Waals surface area contributed by atoms with Crippen LogP contribution in [0.15, 0.2) is 35.3 Å². The maximum Gasteiger partial charge on any atom is 0.266 e. The van der Waals surface area contributed by atoms with E-state index in [1.54, 1.807) is 18.2 Å². The number of nitrogens with zero attached hydrogens (tertiary/aromatic N) is 1. The van der Waals surface area contributed by atoms with E-state index in [2.05, 4.69) is 4.98 Å². The molecule has 0 unspecified atom stereocenters. The molecule has 5 heteroatoms. The third-order valence-corrected chi connectivity index (χ3v) is 2.93. The van der Waals surface area contributed by atoms with Crippen molar-refractivity contribution in [3.8, 4) is 28.7 Å². The Morgan fingerprint density at radius 2 is 1.95 bits per heavy atom. The molecule has 1 aliphatic rings. The largest absolute Gasteiger partial charge is 0.486 e. The first-order valence-electron chi connectivity index (χ1n) is 5.81. The van der Waals surface area contributed by atoms with E-state index in [1.807, 2.05) is 12.1 Å². The zero-order chi connectivity index (χ0) is 13.2. The van der Waals surface area contributed by atoms with Crippen LogP contribution in [0.3, 0.4) is 0 Å². The summed E-state index contributed by atoms with van der Waals surface area (Å²) in [5, 5.41) is 9.07. The smallest absolute Gasteiger partial charge is 0.266 e. The van der Waals surface area contributed by atoms with Gasteiger partial charge in [-0.1, -0.05) is 6.07 Å². The molecule has 0 aliphatic carbocycles. The highest BCUT2D eigenvalue weighted by Gasteiger charge is 2.14. The van der Waals surface area contributed by atoms with E-state index in [4.69, 9.17) is 14.7 Å². The highest BCUT2D eigenvalue weighted by molar-refractivity contribution is 5.72. The summed E-state index contributed by atoms with van der Waals surface area (Å²) in [5.41, 5.74) is 1.05. The standard InChI is InChI=1S/C14H10N2O3/c15-8-11-10(3-4-16-14(11)17)9-1-2-12-13(7-9)19-6-5-18-12/h1-4,7H,5-6H2,(H,16,17).